The third kappa shape index (κ3) is 4.91. The van der Waals surface area contributed by atoms with E-state index in [9.17, 15) is 9.59 Å². The molecule has 0 saturated carbocycles. The smallest absolute Gasteiger partial charge is 0.257 e. The predicted octanol–water partition coefficient (Wildman–Crippen LogP) is 2.12. The van der Waals surface area contributed by atoms with Crippen molar-refractivity contribution in [3.05, 3.63) is 60.2 Å². The quantitative estimate of drug-likeness (QED) is 0.865. The van der Waals surface area contributed by atoms with Gasteiger partial charge < -0.3 is 15.5 Å². The van der Waals surface area contributed by atoms with Crippen LogP contribution in [0, 0.1) is 0 Å². The minimum Gasteiger partial charge on any atom is -0.324 e. The van der Waals surface area contributed by atoms with Crippen LogP contribution in [0.25, 0.3) is 0 Å². The lowest BCUT2D eigenvalue weighted by Crippen LogP contribution is -2.47. The monoisotopic (exact) mass is 352 g/mol. The summed E-state index contributed by atoms with van der Waals surface area (Å²) in [4.78, 5) is 29.3. The Labute approximate surface area is 153 Å². The van der Waals surface area contributed by atoms with Gasteiger partial charge in [-0.25, -0.2) is 0 Å². The molecule has 0 bridgehead atoms. The Balaban J connectivity index is 1.63. The second-order valence-corrected chi connectivity index (χ2v) is 6.49. The third-order valence-electron chi connectivity index (χ3n) is 4.44. The first-order valence-electron chi connectivity index (χ1n) is 8.78. The number of rotatable bonds is 5. The summed E-state index contributed by atoms with van der Waals surface area (Å²) in [5, 5.41) is 5.73. The molecule has 6 nitrogen and oxygen atoms in total. The maximum Gasteiger partial charge on any atom is 0.257 e. The molecule has 1 saturated heterocycles. The van der Waals surface area contributed by atoms with Crippen molar-refractivity contribution in [2.45, 2.75) is 0 Å². The van der Waals surface area contributed by atoms with Crippen molar-refractivity contribution < 1.29 is 9.59 Å². The van der Waals surface area contributed by atoms with Gasteiger partial charge in [-0.3, -0.25) is 14.5 Å². The standard InChI is InChI=1S/C20H24N4O2/c1-23-11-13-24(14-12-23)15-19(25)22-18-10-6-5-9-17(18)20(26)21-16-7-3-2-4-8-16/h2-10H,11-15H2,1H3,(H,21,26)(H,22,25). The summed E-state index contributed by atoms with van der Waals surface area (Å²) in [5.74, 6) is -0.346. The number of amides is 2. The molecule has 2 amide bonds. The molecule has 2 aromatic rings. The van der Waals surface area contributed by atoms with Crippen LogP contribution < -0.4 is 10.6 Å². The molecule has 0 atom stereocenters. The Morgan fingerprint density at radius 3 is 2.27 bits per heavy atom. The molecule has 6 heteroatoms. The van der Waals surface area contributed by atoms with Crippen LogP contribution in [0.15, 0.2) is 54.6 Å². The Morgan fingerprint density at radius 1 is 0.885 bits per heavy atom. The summed E-state index contributed by atoms with van der Waals surface area (Å²) >= 11 is 0. The molecular weight excluding hydrogens is 328 g/mol. The van der Waals surface area contributed by atoms with Crippen molar-refractivity contribution in [2.24, 2.45) is 0 Å². The molecule has 1 fully saturated rings. The fraction of sp³-hybridized carbons (Fsp3) is 0.300. The highest BCUT2D eigenvalue weighted by atomic mass is 16.2. The molecule has 1 aliphatic rings. The number of anilines is 2. The molecule has 0 aliphatic carbocycles. The topological polar surface area (TPSA) is 64.7 Å². The van der Waals surface area contributed by atoms with Gasteiger partial charge in [0.15, 0.2) is 0 Å². The van der Waals surface area contributed by atoms with Crippen LogP contribution in [0.2, 0.25) is 0 Å². The van der Waals surface area contributed by atoms with Gasteiger partial charge in [0.25, 0.3) is 5.91 Å². The van der Waals surface area contributed by atoms with Gasteiger partial charge in [0, 0.05) is 31.9 Å². The number of para-hydroxylation sites is 2. The molecule has 0 aromatic heterocycles. The zero-order valence-electron chi connectivity index (χ0n) is 14.9. The minimum atomic E-state index is -0.244. The Bertz CT molecular complexity index is 755. The Morgan fingerprint density at radius 2 is 1.54 bits per heavy atom. The van der Waals surface area contributed by atoms with Gasteiger partial charge >= 0.3 is 0 Å². The molecule has 2 aromatic carbocycles. The molecule has 1 heterocycles. The lowest BCUT2D eigenvalue weighted by molar-refractivity contribution is -0.117. The van der Waals surface area contributed by atoms with Crippen molar-refractivity contribution >= 4 is 23.2 Å². The van der Waals surface area contributed by atoms with E-state index in [-0.39, 0.29) is 11.8 Å². The normalized spacial score (nSPS) is 15.4. The number of hydrogen-bond donors (Lipinski definition) is 2. The Hall–Kier alpha value is -2.70. The van der Waals surface area contributed by atoms with Crippen molar-refractivity contribution in [2.75, 3.05) is 50.4 Å². The van der Waals surface area contributed by atoms with Crippen LogP contribution in [-0.4, -0.2) is 61.4 Å². The molecule has 0 spiro atoms. The first-order chi connectivity index (χ1) is 12.6. The average Bonchev–Trinajstić information content (AvgIpc) is 2.65. The second kappa shape index (κ2) is 8.60. The van der Waals surface area contributed by atoms with E-state index in [2.05, 4.69) is 27.5 Å². The summed E-state index contributed by atoms with van der Waals surface area (Å²) in [7, 11) is 2.08. The molecule has 0 unspecified atom stereocenters. The maximum absolute atomic E-state index is 12.6. The number of carbonyl (C=O) groups is 2. The van der Waals surface area contributed by atoms with E-state index in [0.717, 1.165) is 31.9 Å². The van der Waals surface area contributed by atoms with E-state index in [0.29, 0.717) is 17.8 Å². The molecule has 26 heavy (non-hydrogen) atoms. The second-order valence-electron chi connectivity index (χ2n) is 6.49. The molecule has 1 aliphatic heterocycles. The van der Waals surface area contributed by atoms with Crippen LogP contribution in [-0.2, 0) is 4.79 Å². The molecule has 2 N–H and O–H groups in total. The molecule has 136 valence electrons. The fourth-order valence-corrected chi connectivity index (χ4v) is 2.91. The summed E-state index contributed by atoms with van der Waals surface area (Å²) < 4.78 is 0. The molecule has 0 radical (unpaired) electrons. The van der Waals surface area contributed by atoms with Gasteiger partial charge in [-0.05, 0) is 31.3 Å². The summed E-state index contributed by atoms with van der Waals surface area (Å²) in [6.07, 6.45) is 0. The van der Waals surface area contributed by atoms with E-state index >= 15 is 0 Å². The van der Waals surface area contributed by atoms with E-state index in [1.54, 1.807) is 18.2 Å². The number of hydrogen-bond acceptors (Lipinski definition) is 4. The van der Waals surface area contributed by atoms with Gasteiger partial charge in [0.2, 0.25) is 5.91 Å². The van der Waals surface area contributed by atoms with Gasteiger partial charge in [0.1, 0.15) is 0 Å². The van der Waals surface area contributed by atoms with Crippen LogP contribution in [0.3, 0.4) is 0 Å². The van der Waals surface area contributed by atoms with Crippen molar-refractivity contribution in [1.29, 1.82) is 0 Å². The SMILES string of the molecule is CN1CCN(CC(=O)Nc2ccccc2C(=O)Nc2ccccc2)CC1. The van der Waals surface area contributed by atoms with E-state index in [1.165, 1.54) is 0 Å². The number of piperazine rings is 1. The van der Waals surface area contributed by atoms with E-state index < -0.39 is 0 Å². The zero-order valence-corrected chi connectivity index (χ0v) is 14.9. The van der Waals surface area contributed by atoms with E-state index in [1.807, 2.05) is 36.4 Å². The molecule has 3 rings (SSSR count). The number of likely N-dealkylation sites (N-methyl/N-ethyl adjacent to an activating group) is 1. The lowest BCUT2D eigenvalue weighted by Gasteiger charge is -2.31. The highest BCUT2D eigenvalue weighted by Gasteiger charge is 2.18. The third-order valence-corrected chi connectivity index (χ3v) is 4.44. The van der Waals surface area contributed by atoms with Crippen LogP contribution in [0.5, 0.6) is 0 Å². The van der Waals surface area contributed by atoms with Crippen LogP contribution >= 0.6 is 0 Å². The summed E-state index contributed by atoms with van der Waals surface area (Å²) in [5.41, 5.74) is 1.69. The first kappa shape index (κ1) is 18.1. The van der Waals surface area contributed by atoms with Crippen molar-refractivity contribution in [3.63, 3.8) is 0 Å². The van der Waals surface area contributed by atoms with Gasteiger partial charge in [-0.2, -0.15) is 0 Å². The summed E-state index contributed by atoms with van der Waals surface area (Å²) in [6.45, 7) is 4.01. The average molecular weight is 352 g/mol. The number of nitrogens with one attached hydrogen (secondary N) is 2. The van der Waals surface area contributed by atoms with Crippen LogP contribution in [0.1, 0.15) is 10.4 Å². The lowest BCUT2D eigenvalue weighted by atomic mass is 10.1. The largest absolute Gasteiger partial charge is 0.324 e. The van der Waals surface area contributed by atoms with Gasteiger partial charge in [0.05, 0.1) is 17.8 Å². The molecular formula is C20H24N4O2. The highest BCUT2D eigenvalue weighted by Crippen LogP contribution is 2.17. The van der Waals surface area contributed by atoms with E-state index in [4.69, 9.17) is 0 Å². The minimum absolute atomic E-state index is 0.102. The van der Waals surface area contributed by atoms with Crippen LogP contribution in [0.4, 0.5) is 11.4 Å². The Kier molecular flexibility index (Phi) is 5.99. The number of benzene rings is 2. The zero-order chi connectivity index (χ0) is 18.4. The van der Waals surface area contributed by atoms with Crippen molar-refractivity contribution in [1.82, 2.24) is 9.80 Å². The van der Waals surface area contributed by atoms with Gasteiger partial charge in [-0.15, -0.1) is 0 Å². The number of nitrogens with zero attached hydrogens (tertiary/aromatic N) is 2. The fourth-order valence-electron chi connectivity index (χ4n) is 2.91. The first-order valence-corrected chi connectivity index (χ1v) is 8.78. The highest BCUT2D eigenvalue weighted by molar-refractivity contribution is 6.10. The van der Waals surface area contributed by atoms with Crippen molar-refractivity contribution in [3.8, 4) is 0 Å². The number of carbonyl (C=O) groups excluding carboxylic acids is 2. The summed E-state index contributed by atoms with van der Waals surface area (Å²) in [6, 6.07) is 16.3. The van der Waals surface area contributed by atoms with Gasteiger partial charge in [-0.1, -0.05) is 30.3 Å². The predicted molar refractivity (Wildman–Crippen MR) is 103 cm³/mol. The maximum atomic E-state index is 12.6.